The number of ether oxygens (including phenoxy) is 1. The summed E-state index contributed by atoms with van der Waals surface area (Å²) in [5.41, 5.74) is -1.28. The minimum atomic E-state index is -4.63. The molecule has 0 radical (unpaired) electrons. The molecule has 1 aromatic carbocycles. The van der Waals surface area contributed by atoms with Crippen LogP contribution in [0.1, 0.15) is 38.2 Å². The number of aromatic nitrogens is 1. The van der Waals surface area contributed by atoms with E-state index in [-0.39, 0.29) is 12.1 Å². The first-order chi connectivity index (χ1) is 16.4. The highest BCUT2D eigenvalue weighted by Crippen LogP contribution is 2.38. The number of nitroso groups, excluding NO2 is 1. The molecule has 1 N–H and O–H groups in total. The number of piperazine rings is 1. The second kappa shape index (κ2) is 10.6. The fourth-order valence-electron chi connectivity index (χ4n) is 4.62. The molecule has 10 heteroatoms. The number of likely N-dealkylation sites (N-methyl/N-ethyl adjacent to an activating group) is 1. The van der Waals surface area contributed by atoms with Crippen LogP contribution in [-0.2, 0) is 6.18 Å². The predicted molar refractivity (Wildman–Crippen MR) is 126 cm³/mol. The van der Waals surface area contributed by atoms with E-state index in [0.717, 1.165) is 82.1 Å². The molecule has 184 valence electrons. The van der Waals surface area contributed by atoms with Crippen LogP contribution >= 0.6 is 0 Å². The zero-order valence-corrected chi connectivity index (χ0v) is 19.2. The topological polar surface area (TPSA) is 70.1 Å². The van der Waals surface area contributed by atoms with Gasteiger partial charge in [0, 0.05) is 50.2 Å². The summed E-state index contributed by atoms with van der Waals surface area (Å²) in [5.74, 6) is 1.73. The van der Waals surface area contributed by atoms with E-state index >= 15 is 0 Å². The van der Waals surface area contributed by atoms with Crippen molar-refractivity contribution in [3.8, 4) is 5.75 Å². The Morgan fingerprint density at radius 2 is 1.82 bits per heavy atom. The van der Waals surface area contributed by atoms with Crippen LogP contribution in [-0.4, -0.2) is 54.8 Å². The van der Waals surface area contributed by atoms with E-state index in [1.54, 1.807) is 6.20 Å². The summed E-state index contributed by atoms with van der Waals surface area (Å²) in [5, 5.41) is 5.66. The van der Waals surface area contributed by atoms with E-state index in [2.05, 4.69) is 32.2 Å². The lowest BCUT2D eigenvalue weighted by molar-refractivity contribution is -0.137. The van der Waals surface area contributed by atoms with Crippen LogP contribution in [0.15, 0.2) is 41.7 Å². The van der Waals surface area contributed by atoms with E-state index in [4.69, 9.17) is 4.74 Å². The number of halogens is 3. The number of benzene rings is 1. The quantitative estimate of drug-likeness (QED) is 0.536. The first-order valence-corrected chi connectivity index (χ1v) is 11.8. The molecular formula is C24H30F3N5O2. The molecule has 4 rings (SSSR count). The fourth-order valence-corrected chi connectivity index (χ4v) is 4.62. The summed E-state index contributed by atoms with van der Waals surface area (Å²) in [4.78, 5) is 19.9. The van der Waals surface area contributed by atoms with Crippen LogP contribution in [0.5, 0.6) is 5.75 Å². The van der Waals surface area contributed by atoms with Crippen molar-refractivity contribution in [2.24, 2.45) is 5.18 Å². The second-order valence-corrected chi connectivity index (χ2v) is 8.83. The molecule has 1 saturated carbocycles. The zero-order valence-electron chi connectivity index (χ0n) is 19.2. The maximum absolute atomic E-state index is 13.2. The SMILES string of the molecule is CCN1CCN(c2cc(O[C@H]3CC[C@H](Nc4ccc(N=O)c(C(F)(F)F)c4)CC3)ccn2)CC1. The average Bonchev–Trinajstić information content (AvgIpc) is 2.85. The molecule has 1 aliphatic heterocycles. The third kappa shape index (κ3) is 5.97. The van der Waals surface area contributed by atoms with Crippen molar-refractivity contribution in [2.75, 3.05) is 42.9 Å². The molecule has 2 heterocycles. The maximum Gasteiger partial charge on any atom is 0.418 e. The highest BCUT2D eigenvalue weighted by molar-refractivity contribution is 5.58. The van der Waals surface area contributed by atoms with Gasteiger partial charge in [-0.3, -0.25) is 0 Å². The van der Waals surface area contributed by atoms with Gasteiger partial charge in [-0.1, -0.05) is 6.92 Å². The van der Waals surface area contributed by atoms with Gasteiger partial charge in [-0.25, -0.2) is 4.98 Å². The zero-order chi connectivity index (χ0) is 24.1. The van der Waals surface area contributed by atoms with Crippen LogP contribution in [0.4, 0.5) is 30.4 Å². The third-order valence-corrected chi connectivity index (χ3v) is 6.61. The van der Waals surface area contributed by atoms with Gasteiger partial charge in [0.1, 0.15) is 17.3 Å². The predicted octanol–water partition coefficient (Wildman–Crippen LogP) is 5.44. The molecule has 7 nitrogen and oxygen atoms in total. The number of pyridine rings is 1. The normalized spacial score (nSPS) is 21.8. The highest BCUT2D eigenvalue weighted by Gasteiger charge is 2.34. The van der Waals surface area contributed by atoms with Gasteiger partial charge in [-0.2, -0.15) is 13.2 Å². The molecule has 2 aromatic rings. The van der Waals surface area contributed by atoms with Crippen molar-refractivity contribution in [1.82, 2.24) is 9.88 Å². The van der Waals surface area contributed by atoms with Crippen molar-refractivity contribution in [2.45, 2.75) is 50.9 Å². The van der Waals surface area contributed by atoms with Gasteiger partial charge in [0.05, 0.1) is 11.7 Å². The molecule has 1 saturated heterocycles. The average molecular weight is 478 g/mol. The molecule has 34 heavy (non-hydrogen) atoms. The Hall–Kier alpha value is -2.88. The molecule has 2 fully saturated rings. The van der Waals surface area contributed by atoms with Crippen LogP contribution in [0.3, 0.4) is 0 Å². The van der Waals surface area contributed by atoms with E-state index in [9.17, 15) is 18.1 Å². The summed E-state index contributed by atoms with van der Waals surface area (Å²) in [6.45, 7) is 7.18. The molecule has 0 amide bonds. The Morgan fingerprint density at radius 1 is 1.09 bits per heavy atom. The van der Waals surface area contributed by atoms with Crippen molar-refractivity contribution in [3.05, 3.63) is 47.0 Å². The Balaban J connectivity index is 1.30. The van der Waals surface area contributed by atoms with E-state index < -0.39 is 17.4 Å². The van der Waals surface area contributed by atoms with Crippen LogP contribution in [0, 0.1) is 4.91 Å². The first kappa shape index (κ1) is 24.3. The summed E-state index contributed by atoms with van der Waals surface area (Å²) >= 11 is 0. The van der Waals surface area contributed by atoms with Gasteiger partial charge in [0.15, 0.2) is 0 Å². The van der Waals surface area contributed by atoms with Gasteiger partial charge in [0.2, 0.25) is 0 Å². The van der Waals surface area contributed by atoms with Crippen molar-refractivity contribution in [1.29, 1.82) is 0 Å². The Bertz CT molecular complexity index is 971. The lowest BCUT2D eigenvalue weighted by Gasteiger charge is -2.35. The van der Waals surface area contributed by atoms with Crippen LogP contribution in [0.25, 0.3) is 0 Å². The van der Waals surface area contributed by atoms with Crippen LogP contribution < -0.4 is 15.0 Å². The highest BCUT2D eigenvalue weighted by atomic mass is 19.4. The number of alkyl halides is 3. The van der Waals surface area contributed by atoms with Gasteiger partial charge in [0.25, 0.3) is 0 Å². The number of hydrogen-bond donors (Lipinski definition) is 1. The monoisotopic (exact) mass is 477 g/mol. The Kier molecular flexibility index (Phi) is 7.55. The Morgan fingerprint density at radius 3 is 2.47 bits per heavy atom. The van der Waals surface area contributed by atoms with Gasteiger partial charge < -0.3 is 19.9 Å². The summed E-state index contributed by atoms with van der Waals surface area (Å²) < 4.78 is 45.8. The van der Waals surface area contributed by atoms with Gasteiger partial charge in [-0.05, 0) is 61.7 Å². The number of nitrogens with one attached hydrogen (secondary N) is 1. The lowest BCUT2D eigenvalue weighted by atomic mass is 9.92. The molecule has 0 unspecified atom stereocenters. The van der Waals surface area contributed by atoms with Crippen LogP contribution in [0.2, 0.25) is 0 Å². The van der Waals surface area contributed by atoms with E-state index in [0.29, 0.717) is 5.69 Å². The number of anilines is 2. The minimum absolute atomic E-state index is 0.0406. The lowest BCUT2D eigenvalue weighted by Crippen LogP contribution is -2.46. The van der Waals surface area contributed by atoms with Gasteiger partial charge >= 0.3 is 6.18 Å². The number of nitrogens with zero attached hydrogens (tertiary/aromatic N) is 4. The summed E-state index contributed by atoms with van der Waals surface area (Å²) in [6.07, 6.45) is 0.347. The van der Waals surface area contributed by atoms with Crippen molar-refractivity contribution in [3.63, 3.8) is 0 Å². The number of hydrogen-bond acceptors (Lipinski definition) is 7. The minimum Gasteiger partial charge on any atom is -0.490 e. The number of rotatable bonds is 7. The Labute approximate surface area is 197 Å². The summed E-state index contributed by atoms with van der Waals surface area (Å²) in [7, 11) is 0. The second-order valence-electron chi connectivity index (χ2n) is 8.83. The standard InChI is InChI=1S/C24H30F3N5O2/c1-2-31-11-13-32(14-12-31)23-16-20(9-10-28-23)34-19-6-3-17(4-7-19)29-18-5-8-22(30-33)21(15-18)24(25,26)27/h5,8-10,15-17,19,29H,2-4,6-7,11-14H2,1H3/t17-,19-. The fraction of sp³-hybridized carbons (Fsp3) is 0.542. The largest absolute Gasteiger partial charge is 0.490 e. The molecule has 0 atom stereocenters. The molecule has 0 bridgehead atoms. The van der Waals surface area contributed by atoms with Gasteiger partial charge in [-0.15, -0.1) is 4.91 Å². The molecular weight excluding hydrogens is 447 g/mol. The van der Waals surface area contributed by atoms with E-state index in [1.807, 2.05) is 12.1 Å². The van der Waals surface area contributed by atoms with Crippen molar-refractivity contribution < 1.29 is 17.9 Å². The first-order valence-electron chi connectivity index (χ1n) is 11.8. The molecule has 2 aliphatic rings. The smallest absolute Gasteiger partial charge is 0.418 e. The van der Waals surface area contributed by atoms with E-state index in [1.165, 1.54) is 6.07 Å². The molecule has 1 aromatic heterocycles. The molecule has 0 spiro atoms. The van der Waals surface area contributed by atoms with Crippen molar-refractivity contribution >= 4 is 17.2 Å². The maximum atomic E-state index is 13.2. The summed E-state index contributed by atoms with van der Waals surface area (Å²) in [6, 6.07) is 7.44. The molecule has 1 aliphatic carbocycles. The third-order valence-electron chi connectivity index (χ3n) is 6.61.